The van der Waals surface area contributed by atoms with Crippen molar-refractivity contribution in [1.82, 2.24) is 5.32 Å². The van der Waals surface area contributed by atoms with Crippen molar-refractivity contribution in [1.29, 1.82) is 0 Å². The summed E-state index contributed by atoms with van der Waals surface area (Å²) < 4.78 is 37.3. The van der Waals surface area contributed by atoms with Crippen molar-refractivity contribution in [3.05, 3.63) is 30.1 Å². The second-order valence-corrected chi connectivity index (χ2v) is 6.92. The molecule has 1 rings (SSSR count). The van der Waals surface area contributed by atoms with E-state index in [4.69, 9.17) is 0 Å². The molecular weight excluding hydrogens is 269 g/mol. The van der Waals surface area contributed by atoms with Gasteiger partial charge in [-0.05, 0) is 24.6 Å². The molecule has 0 aliphatic heterocycles. The Morgan fingerprint density at radius 2 is 1.89 bits per heavy atom. The molecule has 0 amide bonds. The standard InChI is InChI=1S/C13H20FNO3S/c1-10(2)7-15-8-11(16)9-19(17,18)13-6-4-3-5-12(13)14/h3-6,10-11,15-16H,7-9H2,1-2H3. The van der Waals surface area contributed by atoms with E-state index < -0.39 is 27.5 Å². The van der Waals surface area contributed by atoms with Crippen LogP contribution in [0.5, 0.6) is 0 Å². The van der Waals surface area contributed by atoms with Crippen LogP contribution in [0.1, 0.15) is 13.8 Å². The van der Waals surface area contributed by atoms with Gasteiger partial charge < -0.3 is 10.4 Å². The lowest BCUT2D eigenvalue weighted by atomic mass is 10.2. The minimum atomic E-state index is -3.81. The lowest BCUT2D eigenvalue weighted by Crippen LogP contribution is -2.34. The van der Waals surface area contributed by atoms with Crippen LogP contribution in [0.4, 0.5) is 4.39 Å². The Morgan fingerprint density at radius 1 is 1.26 bits per heavy atom. The predicted molar refractivity (Wildman–Crippen MR) is 72.2 cm³/mol. The maximum absolute atomic E-state index is 13.4. The monoisotopic (exact) mass is 289 g/mol. The van der Waals surface area contributed by atoms with Crippen LogP contribution in [0.2, 0.25) is 0 Å². The van der Waals surface area contributed by atoms with Gasteiger partial charge in [-0.2, -0.15) is 0 Å². The molecule has 0 aliphatic carbocycles. The van der Waals surface area contributed by atoms with Gasteiger partial charge in [-0.15, -0.1) is 0 Å². The molecule has 4 nitrogen and oxygen atoms in total. The molecule has 0 aromatic heterocycles. The number of aliphatic hydroxyl groups excluding tert-OH is 1. The molecule has 1 aromatic rings. The molecule has 1 unspecified atom stereocenters. The average Bonchev–Trinajstić information content (AvgIpc) is 2.27. The maximum Gasteiger partial charge on any atom is 0.183 e. The van der Waals surface area contributed by atoms with Gasteiger partial charge >= 0.3 is 0 Å². The van der Waals surface area contributed by atoms with Crippen molar-refractivity contribution in [2.45, 2.75) is 24.8 Å². The number of hydrogen-bond acceptors (Lipinski definition) is 4. The summed E-state index contributed by atoms with van der Waals surface area (Å²) in [6.45, 7) is 4.88. The van der Waals surface area contributed by atoms with E-state index in [9.17, 15) is 17.9 Å². The van der Waals surface area contributed by atoms with Gasteiger partial charge in [0.25, 0.3) is 0 Å². The third-order valence-corrected chi connectivity index (χ3v) is 4.34. The Hall–Kier alpha value is -0.980. The van der Waals surface area contributed by atoms with Gasteiger partial charge in [0.1, 0.15) is 10.7 Å². The van der Waals surface area contributed by atoms with Crippen LogP contribution < -0.4 is 5.32 Å². The van der Waals surface area contributed by atoms with Gasteiger partial charge in [0.05, 0.1) is 11.9 Å². The molecule has 19 heavy (non-hydrogen) atoms. The molecule has 1 aromatic carbocycles. The molecule has 0 saturated carbocycles. The number of halogens is 1. The molecule has 6 heteroatoms. The lowest BCUT2D eigenvalue weighted by molar-refractivity contribution is 0.192. The van der Waals surface area contributed by atoms with Crippen LogP contribution in [-0.2, 0) is 9.84 Å². The summed E-state index contributed by atoms with van der Waals surface area (Å²) in [5.41, 5.74) is 0. The van der Waals surface area contributed by atoms with Gasteiger partial charge in [-0.3, -0.25) is 0 Å². The molecule has 0 heterocycles. The second-order valence-electron chi connectivity index (χ2n) is 4.92. The van der Waals surface area contributed by atoms with E-state index in [0.29, 0.717) is 12.5 Å². The highest BCUT2D eigenvalue weighted by atomic mass is 32.2. The Morgan fingerprint density at radius 3 is 2.47 bits per heavy atom. The number of hydrogen-bond donors (Lipinski definition) is 2. The Bertz CT molecular complexity index is 502. The number of benzene rings is 1. The van der Waals surface area contributed by atoms with E-state index >= 15 is 0 Å². The molecule has 0 fully saturated rings. The fourth-order valence-corrected chi connectivity index (χ4v) is 3.09. The number of aliphatic hydroxyl groups is 1. The van der Waals surface area contributed by atoms with Crippen molar-refractivity contribution < 1.29 is 17.9 Å². The topological polar surface area (TPSA) is 66.4 Å². The predicted octanol–water partition coefficient (Wildman–Crippen LogP) is 1.21. The smallest absolute Gasteiger partial charge is 0.183 e. The van der Waals surface area contributed by atoms with Crippen LogP contribution in [0.25, 0.3) is 0 Å². The first-order valence-corrected chi connectivity index (χ1v) is 7.84. The van der Waals surface area contributed by atoms with Crippen molar-refractivity contribution in [2.24, 2.45) is 5.92 Å². The first-order chi connectivity index (χ1) is 8.83. The van der Waals surface area contributed by atoms with Crippen LogP contribution in [0.15, 0.2) is 29.2 Å². The summed E-state index contributed by atoms with van der Waals surface area (Å²) in [4.78, 5) is -0.363. The number of rotatable bonds is 7. The van der Waals surface area contributed by atoms with Gasteiger partial charge in [0, 0.05) is 6.54 Å². The van der Waals surface area contributed by atoms with E-state index in [0.717, 1.165) is 6.07 Å². The quantitative estimate of drug-likeness (QED) is 0.792. The Kier molecular flexibility index (Phi) is 5.90. The average molecular weight is 289 g/mol. The van der Waals surface area contributed by atoms with E-state index in [1.807, 2.05) is 13.8 Å². The summed E-state index contributed by atoms with van der Waals surface area (Å²) in [6, 6.07) is 5.18. The molecule has 0 radical (unpaired) electrons. The summed E-state index contributed by atoms with van der Waals surface area (Å²) in [5.74, 6) is -0.862. The summed E-state index contributed by atoms with van der Waals surface area (Å²) in [6.07, 6.45) is -1.05. The van der Waals surface area contributed by atoms with Crippen LogP contribution in [0.3, 0.4) is 0 Å². The van der Waals surface area contributed by atoms with E-state index in [-0.39, 0.29) is 11.4 Å². The van der Waals surface area contributed by atoms with Crippen LogP contribution in [-0.4, -0.2) is 38.5 Å². The van der Waals surface area contributed by atoms with Crippen LogP contribution in [0, 0.1) is 11.7 Å². The lowest BCUT2D eigenvalue weighted by Gasteiger charge is -2.13. The van der Waals surface area contributed by atoms with Gasteiger partial charge in [-0.1, -0.05) is 26.0 Å². The molecule has 2 N–H and O–H groups in total. The Labute approximate surface area is 113 Å². The van der Waals surface area contributed by atoms with Gasteiger partial charge in [0.2, 0.25) is 0 Å². The SMILES string of the molecule is CC(C)CNCC(O)CS(=O)(=O)c1ccccc1F. The molecule has 1 atom stereocenters. The van der Waals surface area contributed by atoms with E-state index in [2.05, 4.69) is 5.32 Å². The molecule has 0 spiro atoms. The fraction of sp³-hybridized carbons (Fsp3) is 0.538. The number of sulfone groups is 1. The largest absolute Gasteiger partial charge is 0.391 e. The highest BCUT2D eigenvalue weighted by Crippen LogP contribution is 2.15. The first kappa shape index (κ1) is 16.1. The molecule has 0 saturated heterocycles. The van der Waals surface area contributed by atoms with Crippen molar-refractivity contribution >= 4 is 9.84 Å². The van der Waals surface area contributed by atoms with E-state index in [1.54, 1.807) is 0 Å². The summed E-state index contributed by atoms with van der Waals surface area (Å²) in [5, 5.41) is 12.7. The second kappa shape index (κ2) is 6.98. The minimum Gasteiger partial charge on any atom is -0.391 e. The zero-order valence-corrected chi connectivity index (χ0v) is 12.0. The highest BCUT2D eigenvalue weighted by molar-refractivity contribution is 7.91. The fourth-order valence-electron chi connectivity index (χ4n) is 1.64. The minimum absolute atomic E-state index is 0.172. The first-order valence-electron chi connectivity index (χ1n) is 6.19. The van der Waals surface area contributed by atoms with Gasteiger partial charge in [-0.25, -0.2) is 12.8 Å². The third kappa shape index (κ3) is 5.26. The van der Waals surface area contributed by atoms with Crippen molar-refractivity contribution in [2.75, 3.05) is 18.8 Å². The third-order valence-electron chi connectivity index (χ3n) is 2.52. The molecule has 0 bridgehead atoms. The normalized spacial score (nSPS) is 13.7. The van der Waals surface area contributed by atoms with Crippen LogP contribution >= 0.6 is 0 Å². The Balaban J connectivity index is 2.63. The molecular formula is C13H20FNO3S. The van der Waals surface area contributed by atoms with Crippen molar-refractivity contribution in [3.63, 3.8) is 0 Å². The zero-order valence-electron chi connectivity index (χ0n) is 11.1. The molecule has 108 valence electrons. The zero-order chi connectivity index (χ0) is 14.5. The van der Waals surface area contributed by atoms with Crippen molar-refractivity contribution in [3.8, 4) is 0 Å². The molecule has 0 aliphatic rings. The van der Waals surface area contributed by atoms with E-state index in [1.165, 1.54) is 18.2 Å². The summed E-state index contributed by atoms with van der Waals surface area (Å²) in [7, 11) is -3.81. The summed E-state index contributed by atoms with van der Waals surface area (Å²) >= 11 is 0. The highest BCUT2D eigenvalue weighted by Gasteiger charge is 2.22. The number of nitrogens with one attached hydrogen (secondary N) is 1. The maximum atomic E-state index is 13.4. The van der Waals surface area contributed by atoms with Gasteiger partial charge in [0.15, 0.2) is 9.84 Å².